The highest BCUT2D eigenvalue weighted by Gasteiger charge is 2.00. The molecule has 0 aliphatic carbocycles. The van der Waals surface area contributed by atoms with Crippen LogP contribution < -0.4 is 10.6 Å². The summed E-state index contributed by atoms with van der Waals surface area (Å²) in [4.78, 5) is 10.9. The summed E-state index contributed by atoms with van der Waals surface area (Å²) >= 11 is 5.61. The van der Waals surface area contributed by atoms with Crippen LogP contribution in [0.4, 0.5) is 4.79 Å². The van der Waals surface area contributed by atoms with Gasteiger partial charge in [0.05, 0.1) is 13.2 Å². The average Bonchev–Trinajstić information content (AvgIpc) is 2.64. The SMILES string of the molecule is CCOC(=O)NCCNCc1ccc(Cl)o1.Cl. The normalized spacial score (nSPS) is 9.53. The molecule has 0 spiro atoms. The van der Waals surface area contributed by atoms with E-state index >= 15 is 0 Å². The van der Waals surface area contributed by atoms with E-state index in [2.05, 4.69) is 10.6 Å². The first-order valence-corrected chi connectivity index (χ1v) is 5.45. The van der Waals surface area contributed by atoms with E-state index < -0.39 is 6.09 Å². The van der Waals surface area contributed by atoms with Gasteiger partial charge < -0.3 is 19.8 Å². The van der Waals surface area contributed by atoms with Gasteiger partial charge in [-0.05, 0) is 30.7 Å². The molecule has 2 N–H and O–H groups in total. The molecule has 17 heavy (non-hydrogen) atoms. The highest BCUT2D eigenvalue weighted by atomic mass is 35.5. The summed E-state index contributed by atoms with van der Waals surface area (Å²) in [6.45, 7) is 3.87. The Morgan fingerprint density at radius 1 is 1.47 bits per heavy atom. The molecule has 5 nitrogen and oxygen atoms in total. The summed E-state index contributed by atoms with van der Waals surface area (Å²) < 4.78 is 9.84. The third-order valence-electron chi connectivity index (χ3n) is 1.77. The monoisotopic (exact) mass is 282 g/mol. The van der Waals surface area contributed by atoms with E-state index in [-0.39, 0.29) is 12.4 Å². The summed E-state index contributed by atoms with van der Waals surface area (Å²) in [6.07, 6.45) is -0.398. The minimum atomic E-state index is -0.398. The fraction of sp³-hybridized carbons (Fsp3) is 0.500. The average molecular weight is 283 g/mol. The molecule has 7 heteroatoms. The number of alkyl carbamates (subject to hydrolysis) is 1. The van der Waals surface area contributed by atoms with Crippen LogP contribution in [0.1, 0.15) is 12.7 Å². The number of hydrogen-bond donors (Lipinski definition) is 2. The zero-order chi connectivity index (χ0) is 11.8. The van der Waals surface area contributed by atoms with Crippen LogP contribution in [0.15, 0.2) is 16.5 Å². The Labute approximate surface area is 111 Å². The van der Waals surface area contributed by atoms with Gasteiger partial charge in [-0.2, -0.15) is 0 Å². The number of rotatable bonds is 6. The van der Waals surface area contributed by atoms with E-state index in [1.165, 1.54) is 0 Å². The second kappa shape index (κ2) is 9.15. The van der Waals surface area contributed by atoms with Crippen molar-refractivity contribution >= 4 is 30.1 Å². The first-order chi connectivity index (χ1) is 7.72. The molecule has 1 aromatic rings. The highest BCUT2D eigenvalue weighted by molar-refractivity contribution is 6.28. The first-order valence-electron chi connectivity index (χ1n) is 5.08. The van der Waals surface area contributed by atoms with Crippen molar-refractivity contribution in [3.05, 3.63) is 23.1 Å². The largest absolute Gasteiger partial charge is 0.450 e. The van der Waals surface area contributed by atoms with Gasteiger partial charge in [0, 0.05) is 13.1 Å². The van der Waals surface area contributed by atoms with Crippen LogP contribution in [0.3, 0.4) is 0 Å². The first kappa shape index (κ1) is 16.1. The van der Waals surface area contributed by atoms with Crippen molar-refractivity contribution in [2.45, 2.75) is 13.5 Å². The quantitative estimate of drug-likeness (QED) is 0.785. The number of carbonyl (C=O) groups is 1. The van der Waals surface area contributed by atoms with Crippen molar-refractivity contribution in [2.75, 3.05) is 19.7 Å². The predicted molar refractivity (Wildman–Crippen MR) is 67.7 cm³/mol. The molecule has 1 heterocycles. The molecule has 0 atom stereocenters. The van der Waals surface area contributed by atoms with E-state index in [0.29, 0.717) is 31.5 Å². The van der Waals surface area contributed by atoms with Gasteiger partial charge in [-0.25, -0.2) is 4.79 Å². The van der Waals surface area contributed by atoms with Gasteiger partial charge in [0.2, 0.25) is 0 Å². The molecule has 0 bridgehead atoms. The minimum Gasteiger partial charge on any atom is -0.450 e. The molecule has 1 aromatic heterocycles. The summed E-state index contributed by atoms with van der Waals surface area (Å²) in [5.74, 6) is 0.765. The van der Waals surface area contributed by atoms with Crippen molar-refractivity contribution in [1.82, 2.24) is 10.6 Å². The van der Waals surface area contributed by atoms with Crippen molar-refractivity contribution < 1.29 is 13.9 Å². The fourth-order valence-corrected chi connectivity index (χ4v) is 1.26. The molecule has 0 fully saturated rings. The third kappa shape index (κ3) is 7.10. The van der Waals surface area contributed by atoms with E-state index in [9.17, 15) is 4.79 Å². The Balaban J connectivity index is 0.00000256. The minimum absolute atomic E-state index is 0. The van der Waals surface area contributed by atoms with Crippen molar-refractivity contribution in [3.8, 4) is 0 Å². The standard InChI is InChI=1S/C10H15ClN2O3.ClH/c1-2-15-10(14)13-6-5-12-7-8-3-4-9(11)16-8;/h3-4,12H,2,5-7H2,1H3,(H,13,14);1H. The van der Waals surface area contributed by atoms with Crippen molar-refractivity contribution in [2.24, 2.45) is 0 Å². The van der Waals surface area contributed by atoms with Crippen molar-refractivity contribution in [3.63, 3.8) is 0 Å². The van der Waals surface area contributed by atoms with E-state index in [1.54, 1.807) is 19.1 Å². The predicted octanol–water partition coefficient (Wildman–Crippen LogP) is 2.19. The number of carbonyl (C=O) groups excluding carboxylic acids is 1. The summed E-state index contributed by atoms with van der Waals surface area (Å²) in [5.41, 5.74) is 0. The van der Waals surface area contributed by atoms with Crippen LogP contribution in [0.25, 0.3) is 0 Å². The molecule has 1 amide bonds. The maximum atomic E-state index is 10.9. The van der Waals surface area contributed by atoms with Crippen LogP contribution in [0.2, 0.25) is 5.22 Å². The Bertz CT molecular complexity index is 331. The second-order valence-electron chi connectivity index (χ2n) is 3.03. The smallest absolute Gasteiger partial charge is 0.407 e. The summed E-state index contributed by atoms with van der Waals surface area (Å²) in [5, 5.41) is 6.06. The number of nitrogens with one attached hydrogen (secondary N) is 2. The molecule has 0 unspecified atom stereocenters. The van der Waals surface area contributed by atoms with Gasteiger partial charge in [0.15, 0.2) is 5.22 Å². The number of furan rings is 1. The number of halogens is 2. The lowest BCUT2D eigenvalue weighted by Crippen LogP contribution is -2.31. The molecule has 0 aliphatic heterocycles. The number of amides is 1. The zero-order valence-corrected chi connectivity index (χ0v) is 11.1. The second-order valence-corrected chi connectivity index (χ2v) is 3.40. The summed E-state index contributed by atoms with van der Waals surface area (Å²) in [7, 11) is 0. The lowest BCUT2D eigenvalue weighted by atomic mass is 10.4. The van der Waals surface area contributed by atoms with Gasteiger partial charge in [-0.3, -0.25) is 0 Å². The molecular weight excluding hydrogens is 267 g/mol. The maximum absolute atomic E-state index is 10.9. The van der Waals surface area contributed by atoms with Gasteiger partial charge >= 0.3 is 6.09 Å². The molecule has 98 valence electrons. The van der Waals surface area contributed by atoms with Crippen LogP contribution in [-0.2, 0) is 11.3 Å². The third-order valence-corrected chi connectivity index (χ3v) is 1.98. The molecular formula is C10H16Cl2N2O3. The van der Waals surface area contributed by atoms with Crippen LogP contribution >= 0.6 is 24.0 Å². The Morgan fingerprint density at radius 2 is 2.24 bits per heavy atom. The topological polar surface area (TPSA) is 63.5 Å². The fourth-order valence-electron chi connectivity index (χ4n) is 1.09. The lowest BCUT2D eigenvalue weighted by Gasteiger charge is -2.05. The Morgan fingerprint density at radius 3 is 2.82 bits per heavy atom. The van der Waals surface area contributed by atoms with Crippen molar-refractivity contribution in [1.29, 1.82) is 0 Å². The Hall–Kier alpha value is -0.910. The number of ether oxygens (including phenoxy) is 1. The van der Waals surface area contributed by atoms with Gasteiger partial charge in [0.1, 0.15) is 5.76 Å². The molecule has 0 saturated heterocycles. The number of hydrogen-bond acceptors (Lipinski definition) is 4. The van der Waals surface area contributed by atoms with Crippen LogP contribution in [0.5, 0.6) is 0 Å². The molecule has 1 rings (SSSR count). The van der Waals surface area contributed by atoms with E-state index in [1.807, 2.05) is 0 Å². The highest BCUT2D eigenvalue weighted by Crippen LogP contribution is 2.12. The zero-order valence-electron chi connectivity index (χ0n) is 9.49. The maximum Gasteiger partial charge on any atom is 0.407 e. The molecule has 0 aromatic carbocycles. The van der Waals surface area contributed by atoms with E-state index in [4.69, 9.17) is 20.8 Å². The lowest BCUT2D eigenvalue weighted by molar-refractivity contribution is 0.152. The van der Waals surface area contributed by atoms with Gasteiger partial charge in [0.25, 0.3) is 0 Å². The molecule has 0 saturated carbocycles. The molecule has 0 radical (unpaired) electrons. The van der Waals surface area contributed by atoms with Crippen LogP contribution in [-0.4, -0.2) is 25.8 Å². The van der Waals surface area contributed by atoms with Crippen LogP contribution in [0, 0.1) is 0 Å². The molecule has 0 aliphatic rings. The van der Waals surface area contributed by atoms with Gasteiger partial charge in [-0.1, -0.05) is 0 Å². The Kier molecular flexibility index (Phi) is 8.66. The van der Waals surface area contributed by atoms with E-state index in [0.717, 1.165) is 5.76 Å². The summed E-state index contributed by atoms with van der Waals surface area (Å²) in [6, 6.07) is 3.49. The van der Waals surface area contributed by atoms with Gasteiger partial charge in [-0.15, -0.1) is 12.4 Å².